The van der Waals surface area contributed by atoms with Crippen LogP contribution in [-0.2, 0) is 0 Å². The molecule has 1 aromatic heterocycles. The fourth-order valence-electron chi connectivity index (χ4n) is 1.12. The minimum absolute atomic E-state index is 0.283. The van der Waals surface area contributed by atoms with Gasteiger partial charge in [0.05, 0.1) is 0 Å². The summed E-state index contributed by atoms with van der Waals surface area (Å²) in [6, 6.07) is 9.10. The van der Waals surface area contributed by atoms with Crippen LogP contribution in [-0.4, -0.2) is 10.1 Å². The van der Waals surface area contributed by atoms with Crippen molar-refractivity contribution in [3.05, 3.63) is 47.2 Å². The van der Waals surface area contributed by atoms with Crippen molar-refractivity contribution in [1.29, 1.82) is 0 Å². The molecule has 0 radical (unpaired) electrons. The van der Waals surface area contributed by atoms with Gasteiger partial charge in [-0.15, -0.1) is 0 Å². The summed E-state index contributed by atoms with van der Waals surface area (Å²) in [6.07, 6.45) is 3.50. The van der Waals surface area contributed by atoms with Gasteiger partial charge in [-0.05, 0) is 40.2 Å². The number of aromatic nitrogens is 1. The first-order valence-corrected chi connectivity index (χ1v) is 5.93. The highest BCUT2D eigenvalue weighted by atomic mass is 79.9. The maximum absolute atomic E-state index is 9.32. The Balaban J connectivity index is 2.26. The molecule has 0 unspecified atom stereocenters. The van der Waals surface area contributed by atoms with Crippen molar-refractivity contribution in [2.24, 2.45) is 0 Å². The van der Waals surface area contributed by atoms with E-state index in [1.807, 2.05) is 18.2 Å². The Morgan fingerprint density at radius 1 is 1.27 bits per heavy atom. The topological polar surface area (TPSA) is 33.1 Å². The normalized spacial score (nSPS) is 10.2. The zero-order valence-electron chi connectivity index (χ0n) is 7.72. The van der Waals surface area contributed by atoms with Gasteiger partial charge in [0.2, 0.25) is 0 Å². The Bertz CT molecular complexity index is 476. The lowest BCUT2D eigenvalue weighted by atomic mass is 10.3. The van der Waals surface area contributed by atoms with Gasteiger partial charge in [-0.2, -0.15) is 0 Å². The average molecular weight is 282 g/mol. The summed E-state index contributed by atoms with van der Waals surface area (Å²) in [5.74, 6) is 0.283. The molecule has 1 heterocycles. The third kappa shape index (κ3) is 2.73. The van der Waals surface area contributed by atoms with Crippen LogP contribution in [0.25, 0.3) is 0 Å². The molecule has 2 rings (SSSR count). The van der Waals surface area contributed by atoms with Gasteiger partial charge in [-0.3, -0.25) is 4.98 Å². The third-order valence-corrected chi connectivity index (χ3v) is 3.74. The number of aromatic hydroxyl groups is 1. The number of halogens is 1. The second-order valence-corrected chi connectivity index (χ2v) is 4.88. The molecular formula is C11H8BrNOS. The molecule has 0 amide bonds. The van der Waals surface area contributed by atoms with E-state index in [1.54, 1.807) is 36.3 Å². The Labute approximate surface area is 100 Å². The van der Waals surface area contributed by atoms with Crippen LogP contribution >= 0.6 is 27.7 Å². The molecule has 1 N–H and O–H groups in total. The van der Waals surface area contributed by atoms with Crippen molar-refractivity contribution in [2.75, 3.05) is 0 Å². The van der Waals surface area contributed by atoms with E-state index >= 15 is 0 Å². The van der Waals surface area contributed by atoms with Gasteiger partial charge in [-0.1, -0.05) is 17.8 Å². The van der Waals surface area contributed by atoms with Crippen molar-refractivity contribution in [1.82, 2.24) is 4.98 Å². The Kier molecular flexibility index (Phi) is 3.28. The number of phenols is 1. The second kappa shape index (κ2) is 4.68. The zero-order chi connectivity index (χ0) is 10.7. The van der Waals surface area contributed by atoms with Crippen molar-refractivity contribution in [3.8, 4) is 5.75 Å². The number of rotatable bonds is 2. The van der Waals surface area contributed by atoms with Gasteiger partial charge in [-0.25, -0.2) is 0 Å². The summed E-state index contributed by atoms with van der Waals surface area (Å²) in [6.45, 7) is 0. The van der Waals surface area contributed by atoms with Crippen LogP contribution in [0, 0.1) is 0 Å². The Morgan fingerprint density at radius 2 is 2.13 bits per heavy atom. The van der Waals surface area contributed by atoms with Crippen molar-refractivity contribution >= 4 is 27.7 Å². The molecule has 76 valence electrons. The molecule has 0 aliphatic carbocycles. The molecule has 4 heteroatoms. The van der Waals surface area contributed by atoms with Gasteiger partial charge in [0.1, 0.15) is 5.75 Å². The van der Waals surface area contributed by atoms with E-state index in [4.69, 9.17) is 0 Å². The van der Waals surface area contributed by atoms with Crippen LogP contribution in [0.5, 0.6) is 5.75 Å². The molecule has 0 aliphatic heterocycles. The second-order valence-electron chi connectivity index (χ2n) is 2.91. The Hall–Kier alpha value is -1.00. The zero-order valence-corrected chi connectivity index (χ0v) is 10.1. The van der Waals surface area contributed by atoms with E-state index in [1.165, 1.54) is 0 Å². The first kappa shape index (κ1) is 10.5. The minimum atomic E-state index is 0.283. The lowest BCUT2D eigenvalue weighted by Gasteiger charge is -2.03. The fraction of sp³-hybridized carbons (Fsp3) is 0. The number of hydrogen-bond acceptors (Lipinski definition) is 3. The number of nitrogens with zero attached hydrogens (tertiary/aromatic N) is 1. The molecule has 0 aliphatic rings. The van der Waals surface area contributed by atoms with E-state index < -0.39 is 0 Å². The highest BCUT2D eigenvalue weighted by molar-refractivity contribution is 9.10. The largest absolute Gasteiger partial charge is 0.508 e. The predicted octanol–water partition coefficient (Wildman–Crippen LogP) is 3.70. The molecule has 0 saturated heterocycles. The Morgan fingerprint density at radius 3 is 2.87 bits per heavy atom. The van der Waals surface area contributed by atoms with Crippen LogP contribution < -0.4 is 0 Å². The molecular weight excluding hydrogens is 274 g/mol. The quantitative estimate of drug-likeness (QED) is 0.911. The maximum Gasteiger partial charge on any atom is 0.116 e. The summed E-state index contributed by atoms with van der Waals surface area (Å²) in [5, 5.41) is 9.32. The molecule has 0 atom stereocenters. The van der Waals surface area contributed by atoms with E-state index in [2.05, 4.69) is 20.9 Å². The SMILES string of the molecule is Oc1cccc(Sc2ccncc2Br)c1. The lowest BCUT2D eigenvalue weighted by molar-refractivity contribution is 0.474. The smallest absolute Gasteiger partial charge is 0.116 e. The minimum Gasteiger partial charge on any atom is -0.508 e. The average Bonchev–Trinajstić information content (AvgIpc) is 2.22. The first-order chi connectivity index (χ1) is 7.25. The number of phenolic OH excluding ortho intramolecular Hbond substituents is 1. The fourth-order valence-corrected chi connectivity index (χ4v) is 2.47. The van der Waals surface area contributed by atoms with Crippen molar-refractivity contribution < 1.29 is 5.11 Å². The maximum atomic E-state index is 9.32. The molecule has 15 heavy (non-hydrogen) atoms. The number of pyridine rings is 1. The lowest BCUT2D eigenvalue weighted by Crippen LogP contribution is -1.77. The van der Waals surface area contributed by atoms with Gasteiger partial charge >= 0.3 is 0 Å². The van der Waals surface area contributed by atoms with Crippen LogP contribution in [0.4, 0.5) is 0 Å². The van der Waals surface area contributed by atoms with Gasteiger partial charge in [0.15, 0.2) is 0 Å². The summed E-state index contributed by atoms with van der Waals surface area (Å²) in [7, 11) is 0. The van der Waals surface area contributed by atoms with Gasteiger partial charge in [0, 0.05) is 26.7 Å². The molecule has 0 fully saturated rings. The highest BCUT2D eigenvalue weighted by Crippen LogP contribution is 2.33. The molecule has 0 bridgehead atoms. The highest BCUT2D eigenvalue weighted by Gasteiger charge is 2.02. The third-order valence-electron chi connectivity index (χ3n) is 1.78. The van der Waals surface area contributed by atoms with Crippen LogP contribution in [0.1, 0.15) is 0 Å². The molecule has 1 aromatic carbocycles. The molecule has 2 nitrogen and oxygen atoms in total. The standard InChI is InChI=1S/C11H8BrNOS/c12-10-7-13-5-4-11(10)15-9-3-1-2-8(14)6-9/h1-7,14H. The summed E-state index contributed by atoms with van der Waals surface area (Å²) >= 11 is 5.01. The predicted molar refractivity (Wildman–Crippen MR) is 64.2 cm³/mol. The molecule has 0 spiro atoms. The first-order valence-electron chi connectivity index (χ1n) is 4.32. The monoisotopic (exact) mass is 281 g/mol. The van der Waals surface area contributed by atoms with Gasteiger partial charge < -0.3 is 5.11 Å². The summed E-state index contributed by atoms with van der Waals surface area (Å²) < 4.78 is 0.957. The summed E-state index contributed by atoms with van der Waals surface area (Å²) in [5.41, 5.74) is 0. The summed E-state index contributed by atoms with van der Waals surface area (Å²) in [4.78, 5) is 6.08. The van der Waals surface area contributed by atoms with E-state index in [0.29, 0.717) is 0 Å². The van der Waals surface area contributed by atoms with Crippen molar-refractivity contribution in [2.45, 2.75) is 9.79 Å². The number of hydrogen-bond donors (Lipinski definition) is 1. The number of benzene rings is 1. The van der Waals surface area contributed by atoms with Crippen molar-refractivity contribution in [3.63, 3.8) is 0 Å². The van der Waals surface area contributed by atoms with E-state index in [-0.39, 0.29) is 5.75 Å². The van der Waals surface area contributed by atoms with Crippen LogP contribution in [0.15, 0.2) is 57.0 Å². The molecule has 2 aromatic rings. The van der Waals surface area contributed by atoms with E-state index in [9.17, 15) is 5.11 Å². The van der Waals surface area contributed by atoms with Crippen LogP contribution in [0.2, 0.25) is 0 Å². The molecule has 0 saturated carbocycles. The van der Waals surface area contributed by atoms with Crippen LogP contribution in [0.3, 0.4) is 0 Å². The van der Waals surface area contributed by atoms with E-state index in [0.717, 1.165) is 14.3 Å². The van der Waals surface area contributed by atoms with Gasteiger partial charge in [0.25, 0.3) is 0 Å².